The Balaban J connectivity index is 1.59. The van der Waals surface area contributed by atoms with Crippen LogP contribution >= 0.6 is 0 Å². The fraction of sp³-hybridized carbons (Fsp3) is 0.658. The van der Waals surface area contributed by atoms with E-state index in [0.717, 1.165) is 60.5 Å². The molecule has 1 aromatic rings. The monoisotopic (exact) mass is 887 g/mol. The Kier molecular flexibility index (Phi) is 18.5. The smallest absolute Gasteiger partial charge is 0.397 e. The molecule has 0 radical (unpaired) electrons. The molecule has 0 aromatic carbocycles. The number of aromatic nitrogens is 2. The molecule has 61 heavy (non-hydrogen) atoms. The number of carboxylic acids is 1. The predicted octanol–water partition coefficient (Wildman–Crippen LogP) is -1.28. The van der Waals surface area contributed by atoms with E-state index in [1.807, 2.05) is 11.1 Å². The first-order valence-electron chi connectivity index (χ1n) is 19.9. The molecule has 3 saturated heterocycles. The van der Waals surface area contributed by atoms with Gasteiger partial charge in [0.15, 0.2) is 24.7 Å². The van der Waals surface area contributed by atoms with Crippen LogP contribution in [0.2, 0.25) is 0 Å². The van der Waals surface area contributed by atoms with Gasteiger partial charge in [0.25, 0.3) is 5.56 Å². The number of aliphatic carboxylic acids is 1. The largest absolute Gasteiger partial charge is 0.480 e. The van der Waals surface area contributed by atoms with Gasteiger partial charge in [-0.25, -0.2) is 18.6 Å². The number of allylic oxidation sites excluding steroid dienone is 5. The van der Waals surface area contributed by atoms with Crippen LogP contribution in [0.3, 0.4) is 0 Å². The van der Waals surface area contributed by atoms with E-state index in [2.05, 4.69) is 29.3 Å². The Morgan fingerprint density at radius 2 is 1.66 bits per heavy atom. The first-order chi connectivity index (χ1) is 28.9. The van der Waals surface area contributed by atoms with Crippen LogP contribution in [0.15, 0.2) is 58.3 Å². The second-order valence-electron chi connectivity index (χ2n) is 14.9. The molecule has 4 rings (SSSR count). The number of hydrogen-bond acceptors (Lipinski definition) is 17. The lowest BCUT2D eigenvalue weighted by molar-refractivity contribution is -0.230. The van der Waals surface area contributed by atoms with Crippen molar-refractivity contribution in [3.8, 4) is 0 Å². The number of aliphatic hydroxyl groups is 3. The van der Waals surface area contributed by atoms with Crippen molar-refractivity contribution in [2.24, 2.45) is 5.73 Å². The third-order valence-electron chi connectivity index (χ3n) is 10.5. The molecule has 3 aliphatic heterocycles. The lowest BCUT2D eigenvalue weighted by Crippen LogP contribution is -2.60. The van der Waals surface area contributed by atoms with Gasteiger partial charge in [-0.2, -0.15) is 8.42 Å². The summed E-state index contributed by atoms with van der Waals surface area (Å²) in [5.74, 6) is -3.50. The minimum Gasteiger partial charge on any atom is -0.480 e. The molecule has 1 amide bonds. The van der Waals surface area contributed by atoms with Crippen LogP contribution in [-0.4, -0.2) is 165 Å². The number of ether oxygens (including phenoxy) is 4. The maximum atomic E-state index is 14.4. The highest BCUT2D eigenvalue weighted by Crippen LogP contribution is 2.37. The number of nitrogens with zero attached hydrogens (tertiary/aromatic N) is 3. The Labute approximate surface area is 352 Å². The normalized spacial score (nSPS) is 30.8. The van der Waals surface area contributed by atoms with Gasteiger partial charge in [0, 0.05) is 38.5 Å². The van der Waals surface area contributed by atoms with E-state index in [9.17, 15) is 57.4 Å². The number of aliphatic hydroxyl groups excluding tert-OH is 3. The number of nitrogens with one attached hydrogen (secondary N) is 1. The number of unbranched alkanes of at least 4 members (excludes halogenated alkanes) is 5. The minimum absolute atomic E-state index is 0.434. The van der Waals surface area contributed by atoms with Gasteiger partial charge < -0.3 is 50.0 Å². The van der Waals surface area contributed by atoms with E-state index < -0.39 is 126 Å². The Bertz CT molecular complexity index is 1960. The highest BCUT2D eigenvalue weighted by molar-refractivity contribution is 7.80. The molecule has 23 heteroatoms. The number of carbonyl (C=O) groups excluding carboxylic acids is 2. The number of H-pyrrole nitrogens is 1. The fourth-order valence-electron chi connectivity index (χ4n) is 7.39. The fourth-order valence-corrected chi connectivity index (χ4v) is 7.88. The molecule has 4 unspecified atom stereocenters. The van der Waals surface area contributed by atoms with E-state index in [1.54, 1.807) is 6.08 Å². The molecule has 3 aliphatic rings. The quantitative estimate of drug-likeness (QED) is 0.0249. The molecular formula is C38H57N5O17S. The highest BCUT2D eigenvalue weighted by atomic mass is 32.3. The van der Waals surface area contributed by atoms with E-state index in [-0.39, 0.29) is 0 Å². The molecule has 0 bridgehead atoms. The molecule has 4 heterocycles. The van der Waals surface area contributed by atoms with Gasteiger partial charge >= 0.3 is 28.0 Å². The summed E-state index contributed by atoms with van der Waals surface area (Å²) in [6, 6.07) is -2.62. The van der Waals surface area contributed by atoms with Crippen molar-refractivity contribution in [2.75, 3.05) is 27.2 Å². The van der Waals surface area contributed by atoms with Gasteiger partial charge in [0.1, 0.15) is 48.8 Å². The highest BCUT2D eigenvalue weighted by Gasteiger charge is 2.57. The second-order valence-corrected chi connectivity index (χ2v) is 16.0. The molecule has 0 spiro atoms. The number of likely N-dealkylation sites (N-methyl/N-ethyl adjacent to an activating group) is 2. The van der Waals surface area contributed by atoms with Crippen LogP contribution in [-0.2, 0) is 47.9 Å². The average molecular weight is 888 g/mol. The van der Waals surface area contributed by atoms with Gasteiger partial charge in [-0.1, -0.05) is 50.1 Å². The SMILES string of the molecule is CCCCC/C=C\C/C=C\CCC/C=C/C(=O)OC1CN(C)C(C(O[C@@H]2O[C@H](CN)[C@@H](O)[C@H]2OS(=O)(=O)O)[C@H]2O[C@@H](n3ccc(=O)[nH]c3=O)[C@H](O)[C@@H]2O)C(=O)N(C)C1C(=O)O. The number of hydrogen-bond donors (Lipinski definition) is 7. The number of carbonyl (C=O) groups is 3. The Morgan fingerprint density at radius 3 is 2.28 bits per heavy atom. The molecule has 0 saturated carbocycles. The number of amides is 1. The van der Waals surface area contributed by atoms with Gasteiger partial charge in [0.2, 0.25) is 5.91 Å². The number of carboxylic acid groups (broad SMARTS) is 1. The van der Waals surface area contributed by atoms with Crippen LogP contribution in [0.5, 0.6) is 0 Å². The van der Waals surface area contributed by atoms with Crippen molar-refractivity contribution >= 4 is 28.2 Å². The van der Waals surface area contributed by atoms with E-state index in [1.165, 1.54) is 31.2 Å². The number of nitrogens with two attached hydrogens (primary N) is 1. The summed E-state index contributed by atoms with van der Waals surface area (Å²) >= 11 is 0. The predicted molar refractivity (Wildman–Crippen MR) is 213 cm³/mol. The topological polar surface area (TPSA) is 320 Å². The van der Waals surface area contributed by atoms with Crippen LogP contribution in [0.25, 0.3) is 0 Å². The van der Waals surface area contributed by atoms with E-state index >= 15 is 0 Å². The lowest BCUT2D eigenvalue weighted by atomic mass is 9.97. The summed E-state index contributed by atoms with van der Waals surface area (Å²) in [6.07, 6.45) is 1.19. The molecule has 342 valence electrons. The van der Waals surface area contributed by atoms with Crippen molar-refractivity contribution in [3.63, 3.8) is 0 Å². The first-order valence-corrected chi connectivity index (χ1v) is 21.3. The van der Waals surface area contributed by atoms with Crippen molar-refractivity contribution in [1.29, 1.82) is 0 Å². The summed E-state index contributed by atoms with van der Waals surface area (Å²) in [6.45, 7) is 1.25. The maximum absolute atomic E-state index is 14.4. The van der Waals surface area contributed by atoms with Gasteiger partial charge in [-0.15, -0.1) is 0 Å². The first kappa shape index (κ1) is 49.5. The molecule has 22 nitrogen and oxygen atoms in total. The van der Waals surface area contributed by atoms with Gasteiger partial charge in [-0.3, -0.25) is 28.6 Å². The maximum Gasteiger partial charge on any atom is 0.397 e. The Hall–Kier alpha value is -4.14. The van der Waals surface area contributed by atoms with Crippen molar-refractivity contribution in [2.45, 2.75) is 132 Å². The molecule has 8 N–H and O–H groups in total. The van der Waals surface area contributed by atoms with E-state index in [0.29, 0.717) is 6.42 Å². The number of esters is 1. The third-order valence-corrected chi connectivity index (χ3v) is 11.0. The summed E-state index contributed by atoms with van der Waals surface area (Å²) < 4.78 is 61.8. The van der Waals surface area contributed by atoms with Crippen LogP contribution in [0, 0.1) is 0 Å². The van der Waals surface area contributed by atoms with Crippen LogP contribution in [0.1, 0.15) is 64.5 Å². The number of rotatable bonds is 21. The molecular weight excluding hydrogens is 831 g/mol. The van der Waals surface area contributed by atoms with E-state index in [4.69, 9.17) is 24.7 Å². The summed E-state index contributed by atoms with van der Waals surface area (Å²) in [4.78, 5) is 68.6. The zero-order valence-electron chi connectivity index (χ0n) is 34.1. The van der Waals surface area contributed by atoms with Crippen molar-refractivity contribution in [1.82, 2.24) is 19.4 Å². The second kappa shape index (κ2) is 22.8. The zero-order valence-corrected chi connectivity index (χ0v) is 34.9. The molecule has 12 atom stereocenters. The summed E-state index contributed by atoms with van der Waals surface area (Å²) in [5, 5.41) is 43.7. The van der Waals surface area contributed by atoms with Crippen molar-refractivity contribution < 1.29 is 70.9 Å². The van der Waals surface area contributed by atoms with Crippen LogP contribution in [0.4, 0.5) is 0 Å². The zero-order chi connectivity index (χ0) is 45.0. The molecule has 1 aromatic heterocycles. The van der Waals surface area contributed by atoms with Gasteiger partial charge in [0.05, 0.1) is 0 Å². The third kappa shape index (κ3) is 13.2. The Morgan fingerprint density at radius 1 is 0.984 bits per heavy atom. The van der Waals surface area contributed by atoms with Crippen LogP contribution < -0.4 is 17.0 Å². The minimum atomic E-state index is -5.31. The lowest BCUT2D eigenvalue weighted by Gasteiger charge is -2.38. The summed E-state index contributed by atoms with van der Waals surface area (Å²) in [7, 11) is -2.90. The van der Waals surface area contributed by atoms with Crippen molar-refractivity contribution in [3.05, 3.63) is 69.6 Å². The standard InChI is InChI=1S/C38H57N5O17S/c1-4-5-6-7-8-9-10-11-12-13-14-15-16-17-25(45)56-23-21-41(2)27(34(49)42(3)26(23)36(50)51)31(59-37-33(60-61(53,54)55)28(46)22(20-39)57-37)32-29(47)30(48)35(58-32)43-19-18-24(44)40-38(43)52/h8-9,11-12,16-19,22-23,26-33,35,37,46-48H,4-7,10,13-15,20-21,39H2,1-3H3,(H,50,51)(H,40,44,52)(H,53,54,55)/b9-8-,12-11-,17-16+/t22-,23?,26?,27?,28-,29+,30-,31?,32+,33-,35-,37+/m1/s1. The molecule has 0 aliphatic carbocycles. The average Bonchev–Trinajstić information content (AvgIpc) is 3.61. The number of aromatic amines is 1. The van der Waals surface area contributed by atoms with Gasteiger partial charge in [-0.05, 0) is 45.6 Å². The summed E-state index contributed by atoms with van der Waals surface area (Å²) in [5.41, 5.74) is 3.83. The molecule has 3 fully saturated rings.